The zero-order valence-electron chi connectivity index (χ0n) is 14.7. The van der Waals surface area contributed by atoms with Gasteiger partial charge in [0.2, 0.25) is 15.9 Å². The summed E-state index contributed by atoms with van der Waals surface area (Å²) < 4.78 is 27.1. The number of urea groups is 1. The van der Waals surface area contributed by atoms with Gasteiger partial charge in [-0.15, -0.1) is 0 Å². The van der Waals surface area contributed by atoms with Crippen molar-refractivity contribution in [2.24, 2.45) is 0 Å². The number of amides is 3. The predicted octanol–water partition coefficient (Wildman–Crippen LogP) is 0.0653. The molecular formula is C16H24N4O4S. The van der Waals surface area contributed by atoms with Crippen molar-refractivity contribution >= 4 is 22.0 Å². The highest BCUT2D eigenvalue weighted by Gasteiger charge is 2.30. The second-order valence-corrected chi connectivity index (χ2v) is 7.98. The molecule has 138 valence electrons. The monoisotopic (exact) mass is 368 g/mol. The van der Waals surface area contributed by atoms with Gasteiger partial charge >= 0.3 is 6.03 Å². The van der Waals surface area contributed by atoms with E-state index in [0.717, 1.165) is 11.1 Å². The summed E-state index contributed by atoms with van der Waals surface area (Å²) in [5, 5.41) is 4.50. The van der Waals surface area contributed by atoms with Crippen LogP contribution in [0.5, 0.6) is 0 Å². The molecular weight excluding hydrogens is 344 g/mol. The minimum absolute atomic E-state index is 0.0604. The van der Waals surface area contributed by atoms with Gasteiger partial charge in [0.1, 0.15) is 0 Å². The molecule has 3 amide bonds. The number of imide groups is 1. The Labute approximate surface area is 148 Å². The number of piperazine rings is 1. The smallest absolute Gasteiger partial charge is 0.321 e. The predicted molar refractivity (Wildman–Crippen MR) is 93.7 cm³/mol. The molecule has 1 saturated heterocycles. The number of hydrogen-bond donors (Lipinski definition) is 2. The lowest BCUT2D eigenvalue weighted by Gasteiger charge is -2.33. The molecule has 1 aromatic rings. The number of hydrogen-bond acceptors (Lipinski definition) is 5. The average molecular weight is 368 g/mol. The van der Waals surface area contributed by atoms with Crippen LogP contribution in [0.4, 0.5) is 4.79 Å². The molecule has 1 fully saturated rings. The first-order valence-electron chi connectivity index (χ1n) is 8.05. The van der Waals surface area contributed by atoms with Gasteiger partial charge in [-0.25, -0.2) is 13.2 Å². The van der Waals surface area contributed by atoms with E-state index in [2.05, 4.69) is 10.6 Å². The first-order chi connectivity index (χ1) is 11.7. The molecule has 25 heavy (non-hydrogen) atoms. The van der Waals surface area contributed by atoms with Gasteiger partial charge in [0.25, 0.3) is 0 Å². The highest BCUT2D eigenvalue weighted by molar-refractivity contribution is 7.89. The van der Waals surface area contributed by atoms with Crippen molar-refractivity contribution in [3.8, 4) is 0 Å². The highest BCUT2D eigenvalue weighted by atomic mass is 32.2. The number of carbonyl (C=O) groups is 2. The molecule has 0 aliphatic carbocycles. The summed E-state index contributed by atoms with van der Waals surface area (Å²) in [6.07, 6.45) is 0. The van der Waals surface area contributed by atoms with Crippen LogP contribution >= 0.6 is 0 Å². The Hall–Kier alpha value is -1.97. The van der Waals surface area contributed by atoms with Crippen molar-refractivity contribution in [2.75, 3.05) is 39.8 Å². The Morgan fingerprint density at radius 2 is 1.76 bits per heavy atom. The maximum absolute atomic E-state index is 12.8. The molecule has 1 aliphatic rings. The minimum atomic E-state index is -3.54. The zero-order valence-corrected chi connectivity index (χ0v) is 15.5. The van der Waals surface area contributed by atoms with Crippen LogP contribution in [0, 0.1) is 13.8 Å². The number of aryl methyl sites for hydroxylation is 2. The fraction of sp³-hybridized carbons (Fsp3) is 0.500. The molecule has 0 unspecified atom stereocenters. The summed E-state index contributed by atoms with van der Waals surface area (Å²) in [7, 11) is -2.11. The van der Waals surface area contributed by atoms with Gasteiger partial charge in [0.05, 0.1) is 11.4 Å². The highest BCUT2D eigenvalue weighted by Crippen LogP contribution is 2.22. The first-order valence-corrected chi connectivity index (χ1v) is 9.49. The van der Waals surface area contributed by atoms with E-state index in [1.54, 1.807) is 19.1 Å². The second-order valence-electron chi connectivity index (χ2n) is 6.08. The van der Waals surface area contributed by atoms with Crippen molar-refractivity contribution in [1.29, 1.82) is 0 Å². The van der Waals surface area contributed by atoms with Gasteiger partial charge in [-0.2, -0.15) is 4.31 Å². The van der Waals surface area contributed by atoms with Gasteiger partial charge in [-0.1, -0.05) is 17.7 Å². The van der Waals surface area contributed by atoms with Crippen molar-refractivity contribution < 1.29 is 18.0 Å². The van der Waals surface area contributed by atoms with E-state index in [4.69, 9.17) is 0 Å². The van der Waals surface area contributed by atoms with E-state index < -0.39 is 22.0 Å². The van der Waals surface area contributed by atoms with E-state index in [-0.39, 0.29) is 6.54 Å². The Morgan fingerprint density at radius 1 is 1.12 bits per heavy atom. The maximum Gasteiger partial charge on any atom is 0.321 e. The second kappa shape index (κ2) is 7.94. The molecule has 1 heterocycles. The van der Waals surface area contributed by atoms with Crippen molar-refractivity contribution in [3.05, 3.63) is 29.3 Å². The number of sulfonamides is 1. The fourth-order valence-corrected chi connectivity index (χ4v) is 4.42. The minimum Gasteiger partial charge on any atom is -0.341 e. The molecule has 2 N–H and O–H groups in total. The third-order valence-corrected chi connectivity index (χ3v) is 6.19. The average Bonchev–Trinajstić information content (AvgIpc) is 2.54. The molecule has 8 nitrogen and oxygen atoms in total. The van der Waals surface area contributed by atoms with Crippen molar-refractivity contribution in [1.82, 2.24) is 19.8 Å². The van der Waals surface area contributed by atoms with Gasteiger partial charge in [-0.05, 0) is 25.5 Å². The Morgan fingerprint density at radius 3 is 2.32 bits per heavy atom. The number of benzene rings is 1. The van der Waals surface area contributed by atoms with E-state index >= 15 is 0 Å². The normalized spacial score (nSPS) is 16.4. The lowest BCUT2D eigenvalue weighted by atomic mass is 10.2. The molecule has 0 spiro atoms. The zero-order chi connectivity index (χ0) is 18.6. The van der Waals surface area contributed by atoms with Crippen LogP contribution in [-0.2, 0) is 14.8 Å². The number of rotatable bonds is 4. The molecule has 0 aromatic heterocycles. The Bertz CT molecular complexity index is 755. The van der Waals surface area contributed by atoms with Crippen molar-refractivity contribution in [2.45, 2.75) is 18.7 Å². The van der Waals surface area contributed by atoms with Gasteiger partial charge in [0.15, 0.2) is 0 Å². The van der Waals surface area contributed by atoms with E-state index in [1.165, 1.54) is 11.4 Å². The summed E-state index contributed by atoms with van der Waals surface area (Å²) in [6, 6.07) is 4.73. The number of carbonyl (C=O) groups excluding carboxylic acids is 2. The third kappa shape index (κ3) is 4.77. The van der Waals surface area contributed by atoms with E-state index in [1.807, 2.05) is 17.9 Å². The van der Waals surface area contributed by atoms with Crippen molar-refractivity contribution in [3.63, 3.8) is 0 Å². The van der Waals surface area contributed by atoms with Crippen LogP contribution in [-0.4, -0.2) is 69.3 Å². The summed E-state index contributed by atoms with van der Waals surface area (Å²) in [4.78, 5) is 25.0. The summed E-state index contributed by atoms with van der Waals surface area (Å²) >= 11 is 0. The van der Waals surface area contributed by atoms with Crippen LogP contribution in [0.3, 0.4) is 0 Å². The Kier molecular flexibility index (Phi) is 6.15. The van der Waals surface area contributed by atoms with Crippen LogP contribution in [0.15, 0.2) is 23.1 Å². The summed E-state index contributed by atoms with van der Waals surface area (Å²) in [5.74, 6) is -0.412. The molecule has 0 radical (unpaired) electrons. The third-order valence-electron chi connectivity index (χ3n) is 4.13. The molecule has 2 rings (SSSR count). The number of nitrogens with zero attached hydrogens (tertiary/aromatic N) is 2. The number of nitrogens with one attached hydrogen (secondary N) is 2. The van der Waals surface area contributed by atoms with Crippen LogP contribution in [0.25, 0.3) is 0 Å². The standard InChI is InChI=1S/C16H24N4O4S/c1-12-4-5-14(13(2)10-12)25(23,24)20-8-6-19(7-9-20)11-15(21)18-16(22)17-3/h4-5,10H,6-9,11H2,1-3H3,(H2,17,18,21,22). The van der Waals surface area contributed by atoms with Crippen LogP contribution < -0.4 is 10.6 Å². The molecule has 9 heteroatoms. The van der Waals surface area contributed by atoms with E-state index in [9.17, 15) is 18.0 Å². The van der Waals surface area contributed by atoms with Gasteiger partial charge in [0, 0.05) is 33.2 Å². The van der Waals surface area contributed by atoms with Gasteiger partial charge in [-0.3, -0.25) is 15.0 Å². The molecule has 0 saturated carbocycles. The first kappa shape index (κ1) is 19.4. The summed E-state index contributed by atoms with van der Waals surface area (Å²) in [5.41, 5.74) is 1.75. The van der Waals surface area contributed by atoms with Crippen LogP contribution in [0.2, 0.25) is 0 Å². The largest absolute Gasteiger partial charge is 0.341 e. The van der Waals surface area contributed by atoms with Gasteiger partial charge < -0.3 is 5.32 Å². The fourth-order valence-electron chi connectivity index (χ4n) is 2.79. The SMILES string of the molecule is CNC(=O)NC(=O)CN1CCN(S(=O)(=O)c2ccc(C)cc2C)CC1. The Balaban J connectivity index is 1.97. The van der Waals surface area contributed by atoms with Crippen LogP contribution in [0.1, 0.15) is 11.1 Å². The molecule has 1 aromatic carbocycles. The lowest BCUT2D eigenvalue weighted by molar-refractivity contribution is -0.121. The molecule has 1 aliphatic heterocycles. The molecule has 0 atom stereocenters. The quantitative estimate of drug-likeness (QED) is 0.783. The van der Waals surface area contributed by atoms with E-state index in [0.29, 0.717) is 31.1 Å². The molecule has 0 bridgehead atoms. The maximum atomic E-state index is 12.8. The lowest BCUT2D eigenvalue weighted by Crippen LogP contribution is -2.52. The summed E-state index contributed by atoms with van der Waals surface area (Å²) in [6.45, 7) is 5.26. The topological polar surface area (TPSA) is 98.8 Å².